The van der Waals surface area contributed by atoms with Crippen LogP contribution in [0.15, 0.2) is 30.5 Å². The molecule has 0 spiro atoms. The molecule has 2 atom stereocenters. The molecule has 25 heavy (non-hydrogen) atoms. The van der Waals surface area contributed by atoms with Gasteiger partial charge < -0.3 is 14.6 Å². The minimum absolute atomic E-state index is 0.0500. The van der Waals surface area contributed by atoms with E-state index in [4.69, 9.17) is 0 Å². The second kappa shape index (κ2) is 5.90. The second-order valence-corrected chi connectivity index (χ2v) is 7.46. The molecule has 1 aromatic heterocycles. The smallest absolute Gasteiger partial charge is 0.311 e. The van der Waals surface area contributed by atoms with Crippen LogP contribution in [-0.4, -0.2) is 39.5 Å². The van der Waals surface area contributed by atoms with Crippen molar-refractivity contribution in [3.05, 3.63) is 36.0 Å². The van der Waals surface area contributed by atoms with E-state index in [1.165, 1.54) is 0 Å². The van der Waals surface area contributed by atoms with Crippen molar-refractivity contribution in [2.24, 2.45) is 11.3 Å². The molecule has 1 saturated heterocycles. The van der Waals surface area contributed by atoms with E-state index in [0.717, 1.165) is 35.9 Å². The lowest BCUT2D eigenvalue weighted by Gasteiger charge is -2.23. The van der Waals surface area contributed by atoms with Gasteiger partial charge in [-0.3, -0.25) is 9.59 Å². The molecule has 0 radical (unpaired) electrons. The number of carboxylic acids is 1. The van der Waals surface area contributed by atoms with Gasteiger partial charge in [-0.25, -0.2) is 0 Å². The fourth-order valence-corrected chi connectivity index (χ4v) is 4.83. The third-order valence-electron chi connectivity index (χ3n) is 6.20. The van der Waals surface area contributed by atoms with Gasteiger partial charge in [0.05, 0.1) is 11.8 Å². The molecule has 5 heteroatoms. The van der Waals surface area contributed by atoms with Crippen molar-refractivity contribution in [1.82, 2.24) is 9.47 Å². The average Bonchev–Trinajstić information content (AvgIpc) is 3.25. The molecule has 1 N–H and O–H groups in total. The van der Waals surface area contributed by atoms with Gasteiger partial charge in [0.25, 0.3) is 0 Å². The van der Waals surface area contributed by atoms with Crippen LogP contribution >= 0.6 is 0 Å². The van der Waals surface area contributed by atoms with Crippen molar-refractivity contribution in [1.29, 1.82) is 0 Å². The quantitative estimate of drug-likeness (QED) is 0.931. The third kappa shape index (κ3) is 2.44. The number of aryl methyl sites for hydroxylation is 1. The van der Waals surface area contributed by atoms with Crippen molar-refractivity contribution in [2.75, 3.05) is 13.1 Å². The number of aliphatic carboxylic acids is 1. The minimum atomic E-state index is -0.729. The SMILES string of the molecule is CCn1cc(CC(=O)N2C[C@@H]3CCC[C@@]3(C(=O)O)C2)c2ccccc21. The summed E-state index contributed by atoms with van der Waals surface area (Å²) in [7, 11) is 0. The summed E-state index contributed by atoms with van der Waals surface area (Å²) in [5.41, 5.74) is 1.48. The van der Waals surface area contributed by atoms with Gasteiger partial charge in [-0.05, 0) is 37.3 Å². The zero-order valence-electron chi connectivity index (χ0n) is 14.6. The highest BCUT2D eigenvalue weighted by molar-refractivity contribution is 5.90. The molecule has 0 unspecified atom stereocenters. The Bertz CT molecular complexity index is 841. The van der Waals surface area contributed by atoms with Crippen molar-refractivity contribution >= 4 is 22.8 Å². The van der Waals surface area contributed by atoms with Crippen molar-refractivity contribution in [3.63, 3.8) is 0 Å². The summed E-state index contributed by atoms with van der Waals surface area (Å²) in [4.78, 5) is 26.5. The van der Waals surface area contributed by atoms with E-state index in [2.05, 4.69) is 29.8 Å². The van der Waals surface area contributed by atoms with Gasteiger partial charge in [-0.15, -0.1) is 0 Å². The Kier molecular flexibility index (Phi) is 3.82. The summed E-state index contributed by atoms with van der Waals surface area (Å²) in [5.74, 6) is -0.562. The molecule has 1 saturated carbocycles. The first-order valence-corrected chi connectivity index (χ1v) is 9.13. The van der Waals surface area contributed by atoms with Crippen LogP contribution in [0.1, 0.15) is 31.7 Å². The van der Waals surface area contributed by atoms with E-state index >= 15 is 0 Å². The normalized spacial score (nSPS) is 25.5. The number of hydrogen-bond acceptors (Lipinski definition) is 2. The summed E-state index contributed by atoms with van der Waals surface area (Å²) in [6.07, 6.45) is 4.99. The van der Waals surface area contributed by atoms with Crippen molar-refractivity contribution < 1.29 is 14.7 Å². The number of benzene rings is 1. The Morgan fingerprint density at radius 1 is 1.32 bits per heavy atom. The fraction of sp³-hybridized carbons (Fsp3) is 0.500. The molecule has 1 aliphatic heterocycles. The number of rotatable bonds is 4. The Morgan fingerprint density at radius 3 is 2.84 bits per heavy atom. The standard InChI is InChI=1S/C20H24N2O3/c1-2-21-11-14(16-7-3-4-8-17(16)21)10-18(23)22-12-15-6-5-9-20(15,13-22)19(24)25/h3-4,7-8,11,15H,2,5-6,9-10,12-13H2,1H3,(H,24,25)/t15-,20+/m0/s1. The molecule has 0 bridgehead atoms. The number of nitrogens with zero attached hydrogens (tertiary/aromatic N) is 2. The molecule has 1 aliphatic carbocycles. The van der Waals surface area contributed by atoms with Gasteiger partial charge in [-0.1, -0.05) is 24.6 Å². The Labute approximate surface area is 147 Å². The number of hydrogen-bond donors (Lipinski definition) is 1. The molecule has 1 aromatic carbocycles. The zero-order valence-corrected chi connectivity index (χ0v) is 14.6. The van der Waals surface area contributed by atoms with Crippen LogP contribution in [0.4, 0.5) is 0 Å². The van der Waals surface area contributed by atoms with Gasteiger partial charge in [0.1, 0.15) is 0 Å². The molecule has 4 rings (SSSR count). The van der Waals surface area contributed by atoms with E-state index in [0.29, 0.717) is 25.9 Å². The van der Waals surface area contributed by atoms with Crippen LogP contribution < -0.4 is 0 Å². The topological polar surface area (TPSA) is 62.5 Å². The molecule has 2 fully saturated rings. The summed E-state index contributed by atoms with van der Waals surface area (Å²) in [6.45, 7) is 3.93. The zero-order chi connectivity index (χ0) is 17.6. The van der Waals surface area contributed by atoms with E-state index in [9.17, 15) is 14.7 Å². The van der Waals surface area contributed by atoms with Crippen LogP contribution in [0.3, 0.4) is 0 Å². The van der Waals surface area contributed by atoms with Gasteiger partial charge in [-0.2, -0.15) is 0 Å². The van der Waals surface area contributed by atoms with E-state index < -0.39 is 11.4 Å². The highest BCUT2D eigenvalue weighted by atomic mass is 16.4. The number of likely N-dealkylation sites (tertiary alicyclic amines) is 1. The highest BCUT2D eigenvalue weighted by Crippen LogP contribution is 2.49. The first-order chi connectivity index (χ1) is 12.0. The number of carboxylic acid groups (broad SMARTS) is 1. The maximum absolute atomic E-state index is 12.9. The average molecular weight is 340 g/mol. The molecule has 132 valence electrons. The van der Waals surface area contributed by atoms with E-state index in [1.54, 1.807) is 4.90 Å². The number of aromatic nitrogens is 1. The first kappa shape index (κ1) is 16.2. The van der Waals surface area contributed by atoms with Gasteiger partial charge >= 0.3 is 5.97 Å². The largest absolute Gasteiger partial charge is 0.481 e. The summed E-state index contributed by atoms with van der Waals surface area (Å²) in [5, 5.41) is 10.8. The maximum Gasteiger partial charge on any atom is 0.311 e. The van der Waals surface area contributed by atoms with Crippen LogP contribution in [-0.2, 0) is 22.6 Å². The lowest BCUT2D eigenvalue weighted by Crippen LogP contribution is -2.37. The predicted octanol–water partition coefficient (Wildman–Crippen LogP) is 2.92. The molecular formula is C20H24N2O3. The number of carbonyl (C=O) groups excluding carboxylic acids is 1. The second-order valence-electron chi connectivity index (χ2n) is 7.46. The molecule has 2 aromatic rings. The van der Waals surface area contributed by atoms with Crippen LogP contribution in [0.25, 0.3) is 10.9 Å². The Hall–Kier alpha value is -2.30. The van der Waals surface area contributed by atoms with Gasteiger partial charge in [0, 0.05) is 36.7 Å². The van der Waals surface area contributed by atoms with Crippen molar-refractivity contribution in [3.8, 4) is 0 Å². The maximum atomic E-state index is 12.9. The third-order valence-corrected chi connectivity index (χ3v) is 6.20. The minimum Gasteiger partial charge on any atom is -0.481 e. The number of amides is 1. The number of carbonyl (C=O) groups is 2. The monoisotopic (exact) mass is 340 g/mol. The Morgan fingerprint density at radius 2 is 2.12 bits per heavy atom. The van der Waals surface area contributed by atoms with Crippen LogP contribution in [0.2, 0.25) is 0 Å². The summed E-state index contributed by atoms with van der Waals surface area (Å²) in [6, 6.07) is 8.14. The number of para-hydroxylation sites is 1. The Balaban J connectivity index is 1.57. The molecular weight excluding hydrogens is 316 g/mol. The van der Waals surface area contributed by atoms with Crippen molar-refractivity contribution in [2.45, 2.75) is 39.2 Å². The molecule has 1 amide bonds. The fourth-order valence-electron chi connectivity index (χ4n) is 4.83. The van der Waals surface area contributed by atoms with E-state index in [-0.39, 0.29) is 11.8 Å². The lowest BCUT2D eigenvalue weighted by atomic mass is 9.81. The first-order valence-electron chi connectivity index (χ1n) is 9.13. The highest BCUT2D eigenvalue weighted by Gasteiger charge is 2.55. The van der Waals surface area contributed by atoms with Crippen LogP contribution in [0, 0.1) is 11.3 Å². The molecule has 5 nitrogen and oxygen atoms in total. The number of fused-ring (bicyclic) bond motifs is 2. The van der Waals surface area contributed by atoms with Crippen LogP contribution in [0.5, 0.6) is 0 Å². The summed E-state index contributed by atoms with van der Waals surface area (Å²) >= 11 is 0. The molecule has 2 heterocycles. The predicted molar refractivity (Wildman–Crippen MR) is 95.3 cm³/mol. The lowest BCUT2D eigenvalue weighted by molar-refractivity contribution is -0.149. The van der Waals surface area contributed by atoms with E-state index in [1.807, 2.05) is 12.1 Å². The molecule has 2 aliphatic rings. The summed E-state index contributed by atoms with van der Waals surface area (Å²) < 4.78 is 2.16. The van der Waals surface area contributed by atoms with Gasteiger partial charge in [0.2, 0.25) is 5.91 Å². The van der Waals surface area contributed by atoms with Gasteiger partial charge in [0.15, 0.2) is 0 Å².